The van der Waals surface area contributed by atoms with Crippen LogP contribution in [0, 0.1) is 5.82 Å². The Morgan fingerprint density at radius 2 is 1.88 bits per heavy atom. The predicted octanol–water partition coefficient (Wildman–Crippen LogP) is 2.81. The maximum absolute atomic E-state index is 13.1. The van der Waals surface area contributed by atoms with Gasteiger partial charge in [-0.1, -0.05) is 24.3 Å². The average molecular weight is 342 g/mol. The van der Waals surface area contributed by atoms with Crippen LogP contribution in [0.15, 0.2) is 57.7 Å². The molecule has 0 radical (unpaired) electrons. The fraction of sp³-hybridized carbons (Fsp3) is 0.316. The van der Waals surface area contributed by atoms with Crippen LogP contribution in [0.25, 0.3) is 11.1 Å². The first-order valence-corrected chi connectivity index (χ1v) is 8.38. The number of aromatic nitrogens is 1. The third-order valence-electron chi connectivity index (χ3n) is 4.61. The summed E-state index contributed by atoms with van der Waals surface area (Å²) in [5, 5.41) is 0. The molecule has 0 aliphatic carbocycles. The predicted molar refractivity (Wildman–Crippen MR) is 92.0 cm³/mol. The molecule has 1 atom stereocenters. The molecule has 130 valence electrons. The third kappa shape index (κ3) is 3.36. The molecule has 2 heterocycles. The van der Waals surface area contributed by atoms with E-state index in [1.165, 1.54) is 12.1 Å². The summed E-state index contributed by atoms with van der Waals surface area (Å²) in [6.07, 6.45) is -0.0767. The molecule has 3 aromatic rings. The number of ether oxygens (including phenoxy) is 1. The first-order chi connectivity index (χ1) is 12.2. The molecular formula is C19H19FN2O3. The molecule has 0 saturated carbocycles. The summed E-state index contributed by atoms with van der Waals surface area (Å²) < 4.78 is 25.8. The van der Waals surface area contributed by atoms with Crippen molar-refractivity contribution in [3.8, 4) is 0 Å². The van der Waals surface area contributed by atoms with Crippen molar-refractivity contribution in [3.63, 3.8) is 0 Å². The van der Waals surface area contributed by atoms with Gasteiger partial charge in [-0.05, 0) is 29.8 Å². The van der Waals surface area contributed by atoms with Crippen LogP contribution in [0.1, 0.15) is 11.7 Å². The van der Waals surface area contributed by atoms with Gasteiger partial charge in [0.15, 0.2) is 5.58 Å². The molecule has 5 nitrogen and oxygen atoms in total. The average Bonchev–Trinajstić information content (AvgIpc) is 2.96. The number of hydrogen-bond acceptors (Lipinski definition) is 4. The molecule has 0 amide bonds. The minimum absolute atomic E-state index is 0.0767. The van der Waals surface area contributed by atoms with Crippen molar-refractivity contribution < 1.29 is 13.5 Å². The molecule has 1 fully saturated rings. The molecule has 1 saturated heterocycles. The van der Waals surface area contributed by atoms with Crippen molar-refractivity contribution in [2.24, 2.45) is 0 Å². The van der Waals surface area contributed by atoms with Crippen molar-refractivity contribution in [2.45, 2.75) is 12.6 Å². The van der Waals surface area contributed by atoms with E-state index in [4.69, 9.17) is 9.15 Å². The highest BCUT2D eigenvalue weighted by molar-refractivity contribution is 5.72. The van der Waals surface area contributed by atoms with Gasteiger partial charge in [-0.2, -0.15) is 0 Å². The number of oxazole rings is 1. The Kier molecular flexibility index (Phi) is 4.38. The fourth-order valence-corrected chi connectivity index (χ4v) is 3.25. The fourth-order valence-electron chi connectivity index (χ4n) is 3.25. The second kappa shape index (κ2) is 6.82. The molecule has 4 rings (SSSR count). The van der Waals surface area contributed by atoms with Gasteiger partial charge in [0, 0.05) is 26.2 Å². The monoisotopic (exact) mass is 342 g/mol. The lowest BCUT2D eigenvalue weighted by molar-refractivity contribution is -0.0309. The lowest BCUT2D eigenvalue weighted by Gasteiger charge is -2.33. The van der Waals surface area contributed by atoms with E-state index in [9.17, 15) is 9.18 Å². The van der Waals surface area contributed by atoms with E-state index in [2.05, 4.69) is 4.90 Å². The second-order valence-corrected chi connectivity index (χ2v) is 6.20. The Labute approximate surface area is 144 Å². The van der Waals surface area contributed by atoms with Gasteiger partial charge in [0.2, 0.25) is 0 Å². The third-order valence-corrected chi connectivity index (χ3v) is 4.61. The van der Waals surface area contributed by atoms with Gasteiger partial charge >= 0.3 is 5.76 Å². The SMILES string of the molecule is O=c1oc2ccccc2n1CCN1CCO[C@H](c2ccc(F)cc2)C1. The minimum atomic E-state index is -0.329. The quantitative estimate of drug-likeness (QED) is 0.731. The van der Waals surface area contributed by atoms with Crippen LogP contribution in [-0.4, -0.2) is 35.7 Å². The molecular weight excluding hydrogens is 323 g/mol. The molecule has 0 unspecified atom stereocenters. The molecule has 25 heavy (non-hydrogen) atoms. The topological polar surface area (TPSA) is 47.6 Å². The zero-order valence-electron chi connectivity index (χ0n) is 13.7. The lowest BCUT2D eigenvalue weighted by Crippen LogP contribution is -2.40. The smallest absolute Gasteiger partial charge is 0.408 e. The molecule has 0 spiro atoms. The van der Waals surface area contributed by atoms with Gasteiger partial charge in [0.25, 0.3) is 0 Å². The zero-order valence-corrected chi connectivity index (χ0v) is 13.7. The molecule has 2 aromatic carbocycles. The Bertz CT molecular complexity index is 916. The van der Waals surface area contributed by atoms with Crippen LogP contribution in [-0.2, 0) is 11.3 Å². The summed E-state index contributed by atoms with van der Waals surface area (Å²) in [5.74, 6) is -0.577. The summed E-state index contributed by atoms with van der Waals surface area (Å²) in [6.45, 7) is 3.43. The summed E-state index contributed by atoms with van der Waals surface area (Å²) in [5.41, 5.74) is 2.39. The maximum atomic E-state index is 13.1. The Hall–Kier alpha value is -2.44. The number of para-hydroxylation sites is 2. The number of fused-ring (bicyclic) bond motifs is 1. The zero-order chi connectivity index (χ0) is 17.2. The Morgan fingerprint density at radius 3 is 2.72 bits per heavy atom. The molecule has 0 N–H and O–H groups in total. The number of rotatable bonds is 4. The number of benzene rings is 2. The van der Waals surface area contributed by atoms with E-state index in [1.54, 1.807) is 22.8 Å². The highest BCUT2D eigenvalue weighted by atomic mass is 19.1. The largest absolute Gasteiger partial charge is 0.419 e. The molecule has 1 aromatic heterocycles. The van der Waals surface area contributed by atoms with E-state index >= 15 is 0 Å². The summed E-state index contributed by atoms with van der Waals surface area (Å²) in [6, 6.07) is 13.9. The molecule has 1 aliphatic rings. The van der Waals surface area contributed by atoms with Crippen molar-refractivity contribution in [2.75, 3.05) is 26.2 Å². The van der Waals surface area contributed by atoms with Crippen molar-refractivity contribution >= 4 is 11.1 Å². The number of morpholine rings is 1. The van der Waals surface area contributed by atoms with E-state index < -0.39 is 0 Å². The van der Waals surface area contributed by atoms with Crippen molar-refractivity contribution in [1.82, 2.24) is 9.47 Å². The van der Waals surface area contributed by atoms with Gasteiger partial charge in [0.05, 0.1) is 18.2 Å². The van der Waals surface area contributed by atoms with Crippen molar-refractivity contribution in [1.29, 1.82) is 0 Å². The molecule has 0 bridgehead atoms. The molecule has 1 aliphatic heterocycles. The van der Waals surface area contributed by atoms with Gasteiger partial charge in [-0.25, -0.2) is 9.18 Å². The normalized spacial score (nSPS) is 18.7. The first kappa shape index (κ1) is 16.1. The van der Waals surface area contributed by atoms with Gasteiger partial charge in [0.1, 0.15) is 5.82 Å². The van der Waals surface area contributed by atoms with Crippen LogP contribution >= 0.6 is 0 Å². The van der Waals surface area contributed by atoms with E-state index in [1.807, 2.05) is 18.2 Å². The first-order valence-electron chi connectivity index (χ1n) is 8.38. The number of halogens is 1. The summed E-state index contributed by atoms with van der Waals surface area (Å²) in [7, 11) is 0. The highest BCUT2D eigenvalue weighted by Gasteiger charge is 2.22. The minimum Gasteiger partial charge on any atom is -0.408 e. The van der Waals surface area contributed by atoms with Crippen molar-refractivity contribution in [3.05, 3.63) is 70.5 Å². The Morgan fingerprint density at radius 1 is 1.08 bits per heavy atom. The maximum Gasteiger partial charge on any atom is 0.419 e. The summed E-state index contributed by atoms with van der Waals surface area (Å²) >= 11 is 0. The van der Waals surface area contributed by atoms with E-state index in [-0.39, 0.29) is 17.7 Å². The van der Waals surface area contributed by atoms with Crippen LogP contribution in [0.5, 0.6) is 0 Å². The van der Waals surface area contributed by atoms with Crippen LogP contribution in [0.3, 0.4) is 0 Å². The number of hydrogen-bond donors (Lipinski definition) is 0. The molecule has 6 heteroatoms. The van der Waals surface area contributed by atoms with Gasteiger partial charge < -0.3 is 9.15 Å². The Balaban J connectivity index is 1.45. The number of nitrogens with zero attached hydrogens (tertiary/aromatic N) is 2. The van der Waals surface area contributed by atoms with Gasteiger partial charge in [-0.15, -0.1) is 0 Å². The lowest BCUT2D eigenvalue weighted by atomic mass is 10.1. The highest BCUT2D eigenvalue weighted by Crippen LogP contribution is 2.22. The van der Waals surface area contributed by atoms with E-state index in [0.717, 1.165) is 30.7 Å². The van der Waals surface area contributed by atoms with E-state index in [0.29, 0.717) is 18.7 Å². The summed E-state index contributed by atoms with van der Waals surface area (Å²) in [4.78, 5) is 14.3. The second-order valence-electron chi connectivity index (χ2n) is 6.20. The van der Waals surface area contributed by atoms with Crippen LogP contribution in [0.4, 0.5) is 4.39 Å². The van der Waals surface area contributed by atoms with Gasteiger partial charge in [-0.3, -0.25) is 9.47 Å². The van der Waals surface area contributed by atoms with Crippen LogP contribution < -0.4 is 5.76 Å². The van der Waals surface area contributed by atoms with Crippen LogP contribution in [0.2, 0.25) is 0 Å². The standard InChI is InChI=1S/C19H19FN2O3/c20-15-7-5-14(6-8-15)18-13-21(11-12-24-18)9-10-22-16-3-1-2-4-17(16)25-19(22)23/h1-8,18H,9-13H2/t18-/m0/s1.